The highest BCUT2D eigenvalue weighted by atomic mass is 15.4. The van der Waals surface area contributed by atoms with Crippen LogP contribution in [-0.4, -0.2) is 29.1 Å². The predicted octanol–water partition coefficient (Wildman–Crippen LogP) is 12.0. The molecule has 0 saturated carbocycles. The van der Waals surface area contributed by atoms with E-state index in [0.717, 1.165) is 0 Å². The highest BCUT2D eigenvalue weighted by Gasteiger charge is 2.24. The second kappa shape index (κ2) is 26.9. The molecule has 2 heteroatoms. The van der Waals surface area contributed by atoms with Crippen molar-refractivity contribution in [1.29, 1.82) is 0 Å². The Morgan fingerprint density at radius 2 is 0.622 bits per heavy atom. The van der Waals surface area contributed by atoms with Crippen LogP contribution in [-0.2, 0) is 0 Å². The second-order valence-corrected chi connectivity index (χ2v) is 12.2. The Morgan fingerprint density at radius 3 is 0.946 bits per heavy atom. The summed E-state index contributed by atoms with van der Waals surface area (Å²) in [6.45, 7) is 9.47. The van der Waals surface area contributed by atoms with Gasteiger partial charge in [0, 0.05) is 25.5 Å². The first-order valence-corrected chi connectivity index (χ1v) is 17.5. The minimum Gasteiger partial charge on any atom is -0.356 e. The summed E-state index contributed by atoms with van der Waals surface area (Å²) in [6, 6.07) is 0. The third kappa shape index (κ3) is 20.0. The van der Waals surface area contributed by atoms with Crippen LogP contribution in [0, 0.1) is 0 Å². The van der Waals surface area contributed by atoms with Crippen LogP contribution in [0.15, 0.2) is 12.4 Å². The standard InChI is InChI=1S/C35H70N2/c1-4-7-10-13-16-18-20-22-25-28-31-36-33-34-37(35(36)30-27-24-15-12-9-6-3)32-29-26-23-21-19-17-14-11-8-5-2/h33-35H,4-32H2,1-3H3. The normalized spacial score (nSPS) is 13.9. The lowest BCUT2D eigenvalue weighted by Crippen LogP contribution is -2.39. The smallest absolute Gasteiger partial charge is 0.101 e. The molecule has 0 N–H and O–H groups in total. The monoisotopic (exact) mass is 519 g/mol. The van der Waals surface area contributed by atoms with Crippen molar-refractivity contribution in [2.75, 3.05) is 13.1 Å². The Hall–Kier alpha value is -0.660. The molecule has 220 valence electrons. The number of hydrogen-bond donors (Lipinski definition) is 0. The minimum atomic E-state index is 0.642. The topological polar surface area (TPSA) is 6.48 Å². The molecule has 1 aliphatic heterocycles. The van der Waals surface area contributed by atoms with Crippen molar-refractivity contribution in [3.05, 3.63) is 12.4 Å². The van der Waals surface area contributed by atoms with Gasteiger partial charge in [-0.05, 0) is 25.7 Å². The Morgan fingerprint density at radius 1 is 0.351 bits per heavy atom. The van der Waals surface area contributed by atoms with Gasteiger partial charge in [-0.1, -0.05) is 168 Å². The van der Waals surface area contributed by atoms with Gasteiger partial charge in [0.2, 0.25) is 0 Å². The minimum absolute atomic E-state index is 0.642. The lowest BCUT2D eigenvalue weighted by molar-refractivity contribution is 0.135. The van der Waals surface area contributed by atoms with Crippen LogP contribution in [0.2, 0.25) is 0 Å². The zero-order valence-corrected chi connectivity index (χ0v) is 26.1. The summed E-state index contributed by atoms with van der Waals surface area (Å²) < 4.78 is 0. The number of hydrogen-bond acceptors (Lipinski definition) is 2. The highest BCUT2D eigenvalue weighted by Crippen LogP contribution is 2.24. The summed E-state index contributed by atoms with van der Waals surface area (Å²) in [7, 11) is 0. The molecule has 0 fully saturated rings. The van der Waals surface area contributed by atoms with Crippen molar-refractivity contribution in [3.63, 3.8) is 0 Å². The van der Waals surface area contributed by atoms with Gasteiger partial charge in [-0.25, -0.2) is 0 Å². The van der Waals surface area contributed by atoms with Gasteiger partial charge >= 0.3 is 0 Å². The van der Waals surface area contributed by atoms with Crippen LogP contribution in [0.1, 0.15) is 194 Å². The molecule has 1 aliphatic rings. The van der Waals surface area contributed by atoms with Crippen LogP contribution < -0.4 is 0 Å². The molecular formula is C35H70N2. The number of rotatable bonds is 29. The largest absolute Gasteiger partial charge is 0.356 e. The molecule has 0 unspecified atom stereocenters. The summed E-state index contributed by atoms with van der Waals surface area (Å²) in [4.78, 5) is 5.40. The maximum absolute atomic E-state index is 2.70. The van der Waals surface area contributed by atoms with E-state index >= 15 is 0 Å². The summed E-state index contributed by atoms with van der Waals surface area (Å²) >= 11 is 0. The quantitative estimate of drug-likeness (QED) is 0.0908. The lowest BCUT2D eigenvalue weighted by Gasteiger charge is -2.33. The van der Waals surface area contributed by atoms with Crippen molar-refractivity contribution < 1.29 is 0 Å². The third-order valence-corrected chi connectivity index (χ3v) is 8.57. The number of unbranched alkanes of at least 4 members (excludes halogenated alkanes) is 23. The third-order valence-electron chi connectivity index (χ3n) is 8.57. The first kappa shape index (κ1) is 34.4. The van der Waals surface area contributed by atoms with Crippen LogP contribution in [0.4, 0.5) is 0 Å². The molecular weight excluding hydrogens is 448 g/mol. The van der Waals surface area contributed by atoms with Gasteiger partial charge in [-0.3, -0.25) is 0 Å². The van der Waals surface area contributed by atoms with Crippen LogP contribution >= 0.6 is 0 Å². The van der Waals surface area contributed by atoms with Gasteiger partial charge in [-0.15, -0.1) is 0 Å². The molecule has 2 nitrogen and oxygen atoms in total. The Bertz CT molecular complexity index is 440. The molecule has 0 spiro atoms. The van der Waals surface area contributed by atoms with E-state index in [1.54, 1.807) is 0 Å². The molecule has 0 aromatic carbocycles. The molecule has 0 aromatic heterocycles. The van der Waals surface area contributed by atoms with E-state index in [-0.39, 0.29) is 0 Å². The van der Waals surface area contributed by atoms with Gasteiger partial charge < -0.3 is 9.80 Å². The van der Waals surface area contributed by atoms with Crippen LogP contribution in [0.25, 0.3) is 0 Å². The van der Waals surface area contributed by atoms with Crippen molar-refractivity contribution in [2.24, 2.45) is 0 Å². The Kier molecular flexibility index (Phi) is 25.0. The van der Waals surface area contributed by atoms with E-state index in [9.17, 15) is 0 Å². The van der Waals surface area contributed by atoms with E-state index in [1.807, 2.05) is 0 Å². The molecule has 0 aliphatic carbocycles. The summed E-state index contributed by atoms with van der Waals surface area (Å²) in [5.74, 6) is 0. The SMILES string of the molecule is CCCCCCCCCCCCN1C=CN(CCCCCCCCCCCC)C1CCCCCCCC. The molecule has 1 rings (SSSR count). The van der Waals surface area contributed by atoms with Gasteiger partial charge in [-0.2, -0.15) is 0 Å². The molecule has 0 atom stereocenters. The van der Waals surface area contributed by atoms with Gasteiger partial charge in [0.15, 0.2) is 0 Å². The summed E-state index contributed by atoms with van der Waals surface area (Å²) in [6.07, 6.45) is 44.0. The first-order chi connectivity index (χ1) is 18.3. The first-order valence-electron chi connectivity index (χ1n) is 17.5. The summed E-state index contributed by atoms with van der Waals surface area (Å²) in [5.41, 5.74) is 0. The zero-order chi connectivity index (χ0) is 26.7. The van der Waals surface area contributed by atoms with E-state index < -0.39 is 0 Å². The molecule has 0 saturated heterocycles. The van der Waals surface area contributed by atoms with Crippen LogP contribution in [0.5, 0.6) is 0 Å². The zero-order valence-electron chi connectivity index (χ0n) is 26.1. The maximum atomic E-state index is 2.70. The van der Waals surface area contributed by atoms with Crippen molar-refractivity contribution in [3.8, 4) is 0 Å². The molecule has 0 bridgehead atoms. The molecule has 0 radical (unpaired) electrons. The van der Waals surface area contributed by atoms with E-state index in [2.05, 4.69) is 43.0 Å². The second-order valence-electron chi connectivity index (χ2n) is 12.2. The Labute approximate surface area is 235 Å². The molecule has 0 aromatic rings. The van der Waals surface area contributed by atoms with Gasteiger partial charge in [0.1, 0.15) is 6.17 Å². The predicted molar refractivity (Wildman–Crippen MR) is 168 cm³/mol. The fourth-order valence-corrected chi connectivity index (χ4v) is 6.01. The molecule has 37 heavy (non-hydrogen) atoms. The highest BCUT2D eigenvalue weighted by molar-refractivity contribution is 4.97. The fourth-order valence-electron chi connectivity index (χ4n) is 6.01. The van der Waals surface area contributed by atoms with Crippen molar-refractivity contribution in [1.82, 2.24) is 9.80 Å². The molecule has 1 heterocycles. The van der Waals surface area contributed by atoms with Crippen molar-refractivity contribution in [2.45, 2.75) is 200 Å². The van der Waals surface area contributed by atoms with Gasteiger partial charge in [0.05, 0.1) is 0 Å². The summed E-state index contributed by atoms with van der Waals surface area (Å²) in [5, 5.41) is 0. The van der Waals surface area contributed by atoms with E-state index in [4.69, 9.17) is 0 Å². The van der Waals surface area contributed by atoms with Crippen LogP contribution in [0.3, 0.4) is 0 Å². The average molecular weight is 519 g/mol. The van der Waals surface area contributed by atoms with Crippen molar-refractivity contribution >= 4 is 0 Å². The van der Waals surface area contributed by atoms with Gasteiger partial charge in [0.25, 0.3) is 0 Å². The lowest BCUT2D eigenvalue weighted by atomic mass is 10.1. The Balaban J connectivity index is 2.22. The van der Waals surface area contributed by atoms with E-state index in [1.165, 1.54) is 186 Å². The van der Waals surface area contributed by atoms with E-state index in [0.29, 0.717) is 6.17 Å². The average Bonchev–Trinajstić information content (AvgIpc) is 3.29. The number of nitrogens with zero attached hydrogens (tertiary/aromatic N) is 2. The molecule has 0 amide bonds. The fraction of sp³-hybridized carbons (Fsp3) is 0.943. The maximum Gasteiger partial charge on any atom is 0.101 e.